The summed E-state index contributed by atoms with van der Waals surface area (Å²) in [7, 11) is 3.82. The number of methoxy groups -OCH3 is 1. The van der Waals surface area contributed by atoms with E-state index < -0.39 is 11.0 Å². The van der Waals surface area contributed by atoms with Crippen LogP contribution in [0.2, 0.25) is 0 Å². The molecule has 0 aliphatic heterocycles. The summed E-state index contributed by atoms with van der Waals surface area (Å²) in [6.07, 6.45) is 1.65. The fraction of sp³-hybridized carbons (Fsp3) is 0.391. The molecule has 1 N–H and O–H groups in total. The van der Waals surface area contributed by atoms with Gasteiger partial charge in [-0.3, -0.25) is 4.79 Å². The molecular formula is C23H30N4O4S. The molecule has 0 radical (unpaired) electrons. The molecule has 0 fully saturated rings. The molecule has 1 heterocycles. The van der Waals surface area contributed by atoms with E-state index in [1.165, 1.54) is 0 Å². The largest absolute Gasteiger partial charge is 0.497 e. The Morgan fingerprint density at radius 3 is 2.56 bits per heavy atom. The van der Waals surface area contributed by atoms with Crippen molar-refractivity contribution in [2.24, 2.45) is 0 Å². The Morgan fingerprint density at radius 2 is 1.88 bits per heavy atom. The summed E-state index contributed by atoms with van der Waals surface area (Å²) in [6.45, 7) is 5.04. The molecule has 3 rings (SSSR count). The van der Waals surface area contributed by atoms with Crippen LogP contribution in [0.25, 0.3) is 11.0 Å². The van der Waals surface area contributed by atoms with E-state index in [1.807, 2.05) is 44.2 Å². The Balaban J connectivity index is 1.45. The van der Waals surface area contributed by atoms with Gasteiger partial charge in [-0.1, -0.05) is 6.07 Å². The normalized spacial score (nSPS) is 12.3. The number of nitrogens with one attached hydrogen (secondary N) is 1. The monoisotopic (exact) mass is 458 g/mol. The molecule has 0 saturated carbocycles. The topological polar surface area (TPSA) is 87.8 Å². The van der Waals surface area contributed by atoms with Crippen LogP contribution in [0, 0.1) is 13.8 Å². The average molecular weight is 459 g/mol. The molecule has 172 valence electrons. The lowest BCUT2D eigenvalue weighted by molar-refractivity contribution is -0.135. The van der Waals surface area contributed by atoms with Crippen molar-refractivity contribution in [1.29, 1.82) is 0 Å². The summed E-state index contributed by atoms with van der Waals surface area (Å²) in [5.74, 6) is 0.638. The highest BCUT2D eigenvalue weighted by molar-refractivity contribution is 7.82. The van der Waals surface area contributed by atoms with Crippen LogP contribution >= 0.6 is 0 Å². The van der Waals surface area contributed by atoms with E-state index in [-0.39, 0.29) is 12.5 Å². The molecule has 1 atom stereocenters. The van der Waals surface area contributed by atoms with E-state index in [1.54, 1.807) is 36.7 Å². The molecule has 0 bridgehead atoms. The predicted octanol–water partition coefficient (Wildman–Crippen LogP) is 2.82. The van der Waals surface area contributed by atoms with Gasteiger partial charge in [-0.15, -0.1) is 0 Å². The number of likely N-dealkylation sites (N-methyl/N-ethyl adjacent to an activating group) is 2. The summed E-state index contributed by atoms with van der Waals surface area (Å²) in [4.78, 5) is 22.1. The van der Waals surface area contributed by atoms with Gasteiger partial charge in [-0.25, -0.2) is 13.5 Å². The van der Waals surface area contributed by atoms with Crippen molar-refractivity contribution in [3.05, 3.63) is 53.3 Å². The van der Waals surface area contributed by atoms with Gasteiger partial charge in [0.05, 0.1) is 36.0 Å². The fourth-order valence-corrected chi connectivity index (χ4v) is 4.67. The number of imidazole rings is 1. The van der Waals surface area contributed by atoms with Crippen LogP contribution in [0.3, 0.4) is 0 Å². The molecule has 1 aromatic heterocycles. The van der Waals surface area contributed by atoms with E-state index in [2.05, 4.69) is 9.97 Å². The first-order chi connectivity index (χ1) is 15.3. The smallest absolute Gasteiger partial charge is 0.248 e. The Kier molecular flexibility index (Phi) is 8.00. The number of hydrogen-bond donors (Lipinski definition) is 1. The zero-order valence-electron chi connectivity index (χ0n) is 19.2. The third-order valence-electron chi connectivity index (χ3n) is 5.23. The average Bonchev–Trinajstić information content (AvgIpc) is 3.23. The van der Waals surface area contributed by atoms with E-state index >= 15 is 0 Å². The number of benzene rings is 2. The third-order valence-corrected chi connectivity index (χ3v) is 6.98. The first-order valence-electron chi connectivity index (χ1n) is 10.3. The van der Waals surface area contributed by atoms with Crippen LogP contribution in [-0.2, 0) is 27.1 Å². The van der Waals surface area contributed by atoms with Crippen LogP contribution in [0.5, 0.6) is 5.75 Å². The number of H-pyrrole nitrogens is 1. The van der Waals surface area contributed by atoms with Crippen molar-refractivity contribution in [3.63, 3.8) is 0 Å². The zero-order valence-corrected chi connectivity index (χ0v) is 20.0. The van der Waals surface area contributed by atoms with Gasteiger partial charge in [-0.2, -0.15) is 0 Å². The van der Waals surface area contributed by atoms with Crippen molar-refractivity contribution < 1.29 is 18.5 Å². The number of fused-ring (bicyclic) bond motifs is 1. The minimum absolute atomic E-state index is 0.0239. The van der Waals surface area contributed by atoms with Gasteiger partial charge in [0.15, 0.2) is 0 Å². The van der Waals surface area contributed by atoms with Crippen molar-refractivity contribution >= 4 is 27.9 Å². The summed E-state index contributed by atoms with van der Waals surface area (Å²) in [5.41, 5.74) is 4.68. The first-order valence-corrected chi connectivity index (χ1v) is 11.4. The highest BCUT2D eigenvalue weighted by atomic mass is 32.2. The second kappa shape index (κ2) is 10.7. The fourth-order valence-electron chi connectivity index (χ4n) is 3.45. The number of aryl methyl sites for hydroxylation is 2. The number of amides is 1. The number of carbonyl (C=O) groups excluding carboxylic acids is 1. The van der Waals surface area contributed by atoms with Crippen LogP contribution in [0.4, 0.5) is 0 Å². The highest BCUT2D eigenvalue weighted by Gasteiger charge is 2.17. The molecule has 0 aliphatic rings. The molecule has 2 aromatic carbocycles. The Morgan fingerprint density at radius 1 is 1.16 bits per heavy atom. The summed E-state index contributed by atoms with van der Waals surface area (Å²) in [6, 6.07) is 9.63. The minimum atomic E-state index is -1.32. The molecular weight excluding hydrogens is 428 g/mol. The number of nitrogens with zero attached hydrogens (tertiary/aromatic N) is 3. The second-order valence-electron chi connectivity index (χ2n) is 7.75. The maximum absolute atomic E-state index is 13.0. The Labute approximate surface area is 191 Å². The molecule has 0 saturated heterocycles. The van der Waals surface area contributed by atoms with Gasteiger partial charge < -0.3 is 19.4 Å². The van der Waals surface area contributed by atoms with Crippen LogP contribution < -0.4 is 4.74 Å². The van der Waals surface area contributed by atoms with Crippen molar-refractivity contribution in [3.8, 4) is 5.75 Å². The van der Waals surface area contributed by atoms with Crippen molar-refractivity contribution in [2.45, 2.75) is 25.3 Å². The molecule has 9 heteroatoms. The molecule has 32 heavy (non-hydrogen) atoms. The Bertz CT molecular complexity index is 1090. The predicted molar refractivity (Wildman–Crippen MR) is 125 cm³/mol. The number of ether oxygens (including phenoxy) is 2. The number of aromatic amines is 1. The first kappa shape index (κ1) is 23.9. The molecule has 0 aliphatic carbocycles. The molecule has 1 unspecified atom stereocenters. The lowest BCUT2D eigenvalue weighted by Gasteiger charge is -2.20. The summed E-state index contributed by atoms with van der Waals surface area (Å²) >= 11 is 0. The van der Waals surface area contributed by atoms with E-state index in [4.69, 9.17) is 9.47 Å². The standard InChI is InChI=1S/C23H30N4O4S/c1-16-10-19(30-5)11-17(2)23(16)32(29)27(4)8-9-31-14-22(28)26(3)13-18-6-7-20-21(12-18)25-15-24-20/h6-7,10-12,15H,8-9,13-14H2,1-5H3,(H,24,25). The second-order valence-corrected chi connectivity index (χ2v) is 9.28. The molecule has 8 nitrogen and oxygen atoms in total. The van der Waals surface area contributed by atoms with E-state index in [9.17, 15) is 9.00 Å². The van der Waals surface area contributed by atoms with Crippen LogP contribution in [0.15, 0.2) is 41.6 Å². The maximum Gasteiger partial charge on any atom is 0.248 e. The quantitative estimate of drug-likeness (QED) is 0.472. The van der Waals surface area contributed by atoms with Gasteiger partial charge in [0, 0.05) is 27.2 Å². The zero-order chi connectivity index (χ0) is 23.3. The highest BCUT2D eigenvalue weighted by Crippen LogP contribution is 2.25. The van der Waals surface area contributed by atoms with Gasteiger partial charge in [-0.05, 0) is 54.8 Å². The maximum atomic E-state index is 13.0. The number of aromatic nitrogens is 2. The lowest BCUT2D eigenvalue weighted by atomic mass is 10.1. The van der Waals surface area contributed by atoms with Gasteiger partial charge in [0.25, 0.3) is 0 Å². The molecule has 0 spiro atoms. The number of hydrogen-bond acceptors (Lipinski definition) is 5. The minimum Gasteiger partial charge on any atom is -0.497 e. The Hall–Kier alpha value is -2.75. The van der Waals surface area contributed by atoms with Crippen LogP contribution in [-0.4, -0.2) is 70.3 Å². The number of rotatable bonds is 10. The van der Waals surface area contributed by atoms with Crippen molar-refractivity contribution in [1.82, 2.24) is 19.2 Å². The van der Waals surface area contributed by atoms with E-state index in [0.717, 1.165) is 38.4 Å². The van der Waals surface area contributed by atoms with Gasteiger partial charge in [0.1, 0.15) is 23.3 Å². The molecule has 1 amide bonds. The van der Waals surface area contributed by atoms with E-state index in [0.29, 0.717) is 19.7 Å². The molecule has 3 aromatic rings. The summed E-state index contributed by atoms with van der Waals surface area (Å²) in [5, 5.41) is 0. The third kappa shape index (κ3) is 5.73. The van der Waals surface area contributed by atoms with Crippen LogP contribution in [0.1, 0.15) is 16.7 Å². The van der Waals surface area contributed by atoms with Gasteiger partial charge in [0.2, 0.25) is 5.91 Å². The van der Waals surface area contributed by atoms with Crippen molar-refractivity contribution in [2.75, 3.05) is 41.0 Å². The summed E-state index contributed by atoms with van der Waals surface area (Å²) < 4.78 is 25.5. The number of carbonyl (C=O) groups is 1. The van der Waals surface area contributed by atoms with Gasteiger partial charge >= 0.3 is 0 Å². The SMILES string of the molecule is COc1cc(C)c(S(=O)N(C)CCOCC(=O)N(C)Cc2ccc3nc[nH]c3c2)c(C)c1. The lowest BCUT2D eigenvalue weighted by Crippen LogP contribution is -2.32.